The molecule has 2 aliphatic rings. The highest BCUT2D eigenvalue weighted by Gasteiger charge is 2.56. The number of aliphatic imine (C=N–C) groups is 1. The van der Waals surface area contributed by atoms with Crippen LogP contribution in [0.3, 0.4) is 0 Å². The number of guanidine groups is 1. The van der Waals surface area contributed by atoms with Crippen molar-refractivity contribution in [2.24, 2.45) is 17.5 Å². The van der Waals surface area contributed by atoms with E-state index in [1.165, 1.54) is 31.4 Å². The highest BCUT2D eigenvalue weighted by molar-refractivity contribution is 5.80. The van der Waals surface area contributed by atoms with E-state index < -0.39 is 0 Å². The van der Waals surface area contributed by atoms with Crippen LogP contribution >= 0.6 is 0 Å². The molecule has 5 heteroatoms. The number of ether oxygens (including phenoxy) is 1. The summed E-state index contributed by atoms with van der Waals surface area (Å²) in [5.74, 6) is 0.900. The van der Waals surface area contributed by atoms with Crippen molar-refractivity contribution in [3.63, 3.8) is 0 Å². The molecule has 0 aliphatic heterocycles. The Bertz CT molecular complexity index is 545. The first-order chi connectivity index (χ1) is 11.2. The molecule has 2 saturated carbocycles. The Labute approximate surface area is 139 Å². The lowest BCUT2D eigenvalue weighted by Gasteiger charge is -2.54. The minimum absolute atomic E-state index is 0.332. The molecule has 3 rings (SSSR count). The third kappa shape index (κ3) is 3.11. The second kappa shape index (κ2) is 6.95. The Kier molecular flexibility index (Phi) is 4.95. The lowest BCUT2D eigenvalue weighted by atomic mass is 9.60. The average molecular weight is 318 g/mol. The molecule has 0 amide bonds. The molecule has 2 aliphatic carbocycles. The van der Waals surface area contributed by atoms with Gasteiger partial charge in [0.25, 0.3) is 0 Å². The summed E-state index contributed by atoms with van der Waals surface area (Å²) in [4.78, 5) is 4.41. The Balaban J connectivity index is 1.58. The lowest BCUT2D eigenvalue weighted by molar-refractivity contribution is -0.125. The van der Waals surface area contributed by atoms with E-state index in [9.17, 15) is 0 Å². The molecule has 1 aromatic heterocycles. The first-order valence-electron chi connectivity index (χ1n) is 8.88. The van der Waals surface area contributed by atoms with Crippen LogP contribution in [-0.4, -0.2) is 36.3 Å². The zero-order valence-electron chi connectivity index (χ0n) is 14.6. The molecular weight excluding hydrogens is 288 g/mol. The Morgan fingerprint density at radius 1 is 1.43 bits per heavy atom. The van der Waals surface area contributed by atoms with Crippen LogP contribution in [0.4, 0.5) is 0 Å². The zero-order valence-corrected chi connectivity index (χ0v) is 14.6. The molecule has 2 fully saturated rings. The number of nitrogens with zero attached hydrogens (tertiary/aromatic N) is 2. The first kappa shape index (κ1) is 16.4. The van der Waals surface area contributed by atoms with Gasteiger partial charge in [0.05, 0.1) is 12.6 Å². The van der Waals surface area contributed by atoms with Gasteiger partial charge in [0.15, 0.2) is 5.96 Å². The van der Waals surface area contributed by atoms with Gasteiger partial charge in [-0.1, -0.05) is 12.8 Å². The molecule has 1 heterocycles. The van der Waals surface area contributed by atoms with Crippen LogP contribution in [0.25, 0.3) is 0 Å². The molecule has 2 atom stereocenters. The summed E-state index contributed by atoms with van der Waals surface area (Å²) in [6, 6.07) is 4.69. The van der Waals surface area contributed by atoms with Crippen molar-refractivity contribution in [2.75, 3.05) is 13.7 Å². The number of aryl methyl sites for hydroxylation is 1. The van der Waals surface area contributed by atoms with Gasteiger partial charge in [-0.2, -0.15) is 0 Å². The summed E-state index contributed by atoms with van der Waals surface area (Å²) in [6.07, 6.45) is 8.82. The maximum atomic E-state index is 5.99. The van der Waals surface area contributed by atoms with Crippen LogP contribution in [0.15, 0.2) is 23.3 Å². The van der Waals surface area contributed by atoms with Gasteiger partial charge in [-0.05, 0) is 38.3 Å². The summed E-state index contributed by atoms with van der Waals surface area (Å²) in [6.45, 7) is 3.71. The fourth-order valence-electron chi connectivity index (χ4n) is 4.30. The van der Waals surface area contributed by atoms with E-state index in [0.29, 0.717) is 17.6 Å². The van der Waals surface area contributed by atoms with Gasteiger partial charge in [-0.15, -0.1) is 0 Å². The molecule has 23 heavy (non-hydrogen) atoms. The van der Waals surface area contributed by atoms with Crippen molar-refractivity contribution >= 4 is 5.96 Å². The molecular formula is C18H30N4O. The van der Waals surface area contributed by atoms with Gasteiger partial charge in [-0.3, -0.25) is 4.99 Å². The molecule has 128 valence electrons. The van der Waals surface area contributed by atoms with Gasteiger partial charge >= 0.3 is 0 Å². The maximum absolute atomic E-state index is 5.99. The second-order valence-corrected chi connectivity index (χ2v) is 6.85. The molecule has 2 N–H and O–H groups in total. The van der Waals surface area contributed by atoms with E-state index in [1.54, 1.807) is 0 Å². The highest BCUT2D eigenvalue weighted by atomic mass is 16.5. The van der Waals surface area contributed by atoms with Crippen LogP contribution < -0.4 is 10.6 Å². The Morgan fingerprint density at radius 3 is 2.83 bits per heavy atom. The van der Waals surface area contributed by atoms with Crippen molar-refractivity contribution in [1.29, 1.82) is 0 Å². The largest absolute Gasteiger partial charge is 0.378 e. The third-order valence-corrected chi connectivity index (χ3v) is 5.71. The van der Waals surface area contributed by atoms with Gasteiger partial charge in [0, 0.05) is 44.0 Å². The first-order valence-corrected chi connectivity index (χ1v) is 8.88. The molecule has 0 aromatic carbocycles. The smallest absolute Gasteiger partial charge is 0.191 e. The summed E-state index contributed by atoms with van der Waals surface area (Å²) >= 11 is 0. The number of aromatic nitrogens is 1. The van der Waals surface area contributed by atoms with Crippen molar-refractivity contribution < 1.29 is 4.74 Å². The molecule has 0 radical (unpaired) electrons. The van der Waals surface area contributed by atoms with Crippen molar-refractivity contribution in [3.05, 3.63) is 24.0 Å². The van der Waals surface area contributed by atoms with E-state index in [4.69, 9.17) is 4.74 Å². The predicted molar refractivity (Wildman–Crippen MR) is 93.5 cm³/mol. The Hall–Kier alpha value is -1.49. The molecule has 0 bridgehead atoms. The SMILES string of the molecule is CCOC1CC(NC(=NC)NCc2cccn2C)C12CCCC2. The summed E-state index contributed by atoms with van der Waals surface area (Å²) in [5, 5.41) is 7.10. The lowest BCUT2D eigenvalue weighted by Crippen LogP contribution is -2.65. The number of nitrogens with one attached hydrogen (secondary N) is 2. The maximum Gasteiger partial charge on any atom is 0.191 e. The normalized spacial score (nSPS) is 26.3. The van der Waals surface area contributed by atoms with Crippen molar-refractivity contribution in [3.8, 4) is 0 Å². The topological polar surface area (TPSA) is 50.6 Å². The van der Waals surface area contributed by atoms with Crippen LogP contribution in [0.2, 0.25) is 0 Å². The van der Waals surface area contributed by atoms with Gasteiger partial charge in [-0.25, -0.2) is 0 Å². The van der Waals surface area contributed by atoms with Gasteiger partial charge < -0.3 is 19.9 Å². The van der Waals surface area contributed by atoms with E-state index in [2.05, 4.69) is 52.5 Å². The van der Waals surface area contributed by atoms with Gasteiger partial charge in [0.2, 0.25) is 0 Å². The third-order valence-electron chi connectivity index (χ3n) is 5.71. The summed E-state index contributed by atoms with van der Waals surface area (Å²) in [5.41, 5.74) is 1.59. The van der Waals surface area contributed by atoms with E-state index in [1.807, 2.05) is 7.05 Å². The fraction of sp³-hybridized carbons (Fsp3) is 0.722. The number of rotatable bonds is 5. The molecule has 5 nitrogen and oxygen atoms in total. The van der Waals surface area contributed by atoms with Crippen LogP contribution in [0, 0.1) is 5.41 Å². The molecule has 1 aromatic rings. The van der Waals surface area contributed by atoms with E-state index >= 15 is 0 Å². The standard InChI is InChI=1S/C18H30N4O/c1-4-23-16-12-15(18(16)9-5-6-10-18)21-17(19-2)20-13-14-8-7-11-22(14)3/h7-8,11,15-16H,4-6,9-10,12-13H2,1-3H3,(H2,19,20,21). The Morgan fingerprint density at radius 2 is 2.22 bits per heavy atom. The van der Waals surface area contributed by atoms with Crippen LogP contribution in [-0.2, 0) is 18.3 Å². The van der Waals surface area contributed by atoms with Crippen molar-refractivity contribution in [1.82, 2.24) is 15.2 Å². The summed E-state index contributed by atoms with van der Waals surface area (Å²) in [7, 11) is 3.92. The van der Waals surface area contributed by atoms with E-state index in [0.717, 1.165) is 25.5 Å². The minimum atomic E-state index is 0.332. The van der Waals surface area contributed by atoms with Crippen LogP contribution in [0.5, 0.6) is 0 Å². The molecule has 1 spiro atoms. The zero-order chi connectivity index (χ0) is 16.3. The summed E-state index contributed by atoms with van der Waals surface area (Å²) < 4.78 is 8.12. The van der Waals surface area contributed by atoms with E-state index in [-0.39, 0.29) is 0 Å². The molecule has 2 unspecified atom stereocenters. The average Bonchev–Trinajstić information content (AvgIpc) is 3.20. The number of hydrogen-bond acceptors (Lipinski definition) is 2. The van der Waals surface area contributed by atoms with Crippen molar-refractivity contribution in [2.45, 2.75) is 57.7 Å². The van der Waals surface area contributed by atoms with Gasteiger partial charge in [0.1, 0.15) is 0 Å². The quantitative estimate of drug-likeness (QED) is 0.647. The van der Waals surface area contributed by atoms with Crippen LogP contribution in [0.1, 0.15) is 44.7 Å². The predicted octanol–water partition coefficient (Wildman–Crippen LogP) is 2.43. The molecule has 0 saturated heterocycles. The second-order valence-electron chi connectivity index (χ2n) is 6.85. The monoisotopic (exact) mass is 318 g/mol. The fourth-order valence-corrected chi connectivity index (χ4v) is 4.30. The number of hydrogen-bond donors (Lipinski definition) is 2. The highest BCUT2D eigenvalue weighted by Crippen LogP contribution is 2.54. The minimum Gasteiger partial charge on any atom is -0.378 e.